The molecule has 1 saturated carbocycles. The Bertz CT molecular complexity index is 292. The molecule has 0 amide bonds. The van der Waals surface area contributed by atoms with Crippen LogP contribution in [-0.2, 0) is 0 Å². The average molecular weight is 274 g/mol. The highest BCUT2D eigenvalue weighted by atomic mass is 127. The van der Waals surface area contributed by atoms with Crippen molar-refractivity contribution in [2.75, 3.05) is 0 Å². The molecule has 1 aromatic carbocycles. The van der Waals surface area contributed by atoms with Gasteiger partial charge < -0.3 is 4.74 Å². The van der Waals surface area contributed by atoms with Crippen LogP contribution in [0.2, 0.25) is 0 Å². The van der Waals surface area contributed by atoms with E-state index in [-0.39, 0.29) is 0 Å². The zero-order valence-electron chi connectivity index (χ0n) is 7.01. The van der Waals surface area contributed by atoms with Gasteiger partial charge >= 0.3 is 0 Å². The maximum atomic E-state index is 5.71. The summed E-state index contributed by atoms with van der Waals surface area (Å²) in [4.78, 5) is 0. The molecule has 2 rings (SSSR count). The number of aryl methyl sites for hydroxylation is 1. The molecule has 0 aromatic heterocycles. The van der Waals surface area contributed by atoms with E-state index in [1.165, 1.54) is 22.0 Å². The Morgan fingerprint density at radius 1 is 1.42 bits per heavy atom. The van der Waals surface area contributed by atoms with E-state index >= 15 is 0 Å². The van der Waals surface area contributed by atoms with Gasteiger partial charge in [-0.05, 0) is 66.1 Å². The first kappa shape index (κ1) is 8.35. The van der Waals surface area contributed by atoms with Crippen molar-refractivity contribution in [1.82, 2.24) is 0 Å². The van der Waals surface area contributed by atoms with E-state index < -0.39 is 0 Å². The lowest BCUT2D eigenvalue weighted by molar-refractivity contribution is 0.301. The van der Waals surface area contributed by atoms with Crippen LogP contribution >= 0.6 is 22.6 Å². The molecule has 2 heteroatoms. The Labute approximate surface area is 86.3 Å². The van der Waals surface area contributed by atoms with Crippen LogP contribution in [0.5, 0.6) is 5.75 Å². The smallest absolute Gasteiger partial charge is 0.122 e. The molecule has 0 bridgehead atoms. The molecule has 1 aromatic rings. The third-order valence-corrected chi connectivity index (χ3v) is 2.63. The minimum absolute atomic E-state index is 0.503. The number of hydrogen-bond acceptors (Lipinski definition) is 1. The van der Waals surface area contributed by atoms with Crippen molar-refractivity contribution in [3.63, 3.8) is 0 Å². The van der Waals surface area contributed by atoms with Crippen LogP contribution in [-0.4, -0.2) is 6.10 Å². The second kappa shape index (κ2) is 3.24. The number of ether oxygens (including phenoxy) is 1. The Hall–Kier alpha value is -0.250. The summed E-state index contributed by atoms with van der Waals surface area (Å²) >= 11 is 2.32. The molecule has 0 spiro atoms. The Morgan fingerprint density at radius 3 is 2.75 bits per heavy atom. The topological polar surface area (TPSA) is 9.23 Å². The quantitative estimate of drug-likeness (QED) is 0.753. The fourth-order valence-electron chi connectivity index (χ4n) is 1.11. The molecule has 1 fully saturated rings. The molecule has 0 heterocycles. The molecule has 1 nitrogen and oxygen atoms in total. The monoisotopic (exact) mass is 274 g/mol. The summed E-state index contributed by atoms with van der Waals surface area (Å²) < 4.78 is 6.98. The Morgan fingerprint density at radius 2 is 2.17 bits per heavy atom. The third-order valence-electron chi connectivity index (χ3n) is 1.95. The summed E-state index contributed by atoms with van der Waals surface area (Å²) in [5.41, 5.74) is 1.24. The highest BCUT2D eigenvalue weighted by Gasteiger charge is 2.23. The van der Waals surface area contributed by atoms with Gasteiger partial charge in [0, 0.05) is 3.57 Å². The maximum Gasteiger partial charge on any atom is 0.122 e. The largest absolute Gasteiger partial charge is 0.490 e. The minimum atomic E-state index is 0.503. The van der Waals surface area contributed by atoms with Crippen molar-refractivity contribution in [2.24, 2.45) is 0 Å². The molecule has 12 heavy (non-hydrogen) atoms. The predicted molar refractivity (Wildman–Crippen MR) is 57.5 cm³/mol. The summed E-state index contributed by atoms with van der Waals surface area (Å²) in [6.45, 7) is 2.10. The molecule has 1 aliphatic carbocycles. The van der Waals surface area contributed by atoms with Crippen LogP contribution in [0.25, 0.3) is 0 Å². The number of rotatable bonds is 2. The normalized spacial score (nSPS) is 16.2. The molecule has 0 radical (unpaired) electrons. The molecule has 0 atom stereocenters. The number of benzene rings is 1. The van der Waals surface area contributed by atoms with Gasteiger partial charge in [-0.15, -0.1) is 0 Å². The summed E-state index contributed by atoms with van der Waals surface area (Å²) in [5.74, 6) is 1.05. The fraction of sp³-hybridized carbons (Fsp3) is 0.400. The van der Waals surface area contributed by atoms with Gasteiger partial charge in [-0.1, -0.05) is 0 Å². The van der Waals surface area contributed by atoms with Gasteiger partial charge in [0.1, 0.15) is 5.75 Å². The molecule has 64 valence electrons. The van der Waals surface area contributed by atoms with E-state index in [0.717, 1.165) is 5.75 Å². The second-order valence-electron chi connectivity index (χ2n) is 3.23. The fourth-order valence-corrected chi connectivity index (χ4v) is 1.76. The highest BCUT2D eigenvalue weighted by molar-refractivity contribution is 14.1. The van der Waals surface area contributed by atoms with E-state index in [1.54, 1.807) is 0 Å². The third kappa shape index (κ3) is 1.91. The zero-order chi connectivity index (χ0) is 8.55. The number of halogens is 1. The van der Waals surface area contributed by atoms with Crippen LogP contribution in [0.3, 0.4) is 0 Å². The first-order valence-electron chi connectivity index (χ1n) is 4.18. The Balaban J connectivity index is 2.18. The van der Waals surface area contributed by atoms with Crippen molar-refractivity contribution >= 4 is 22.6 Å². The number of hydrogen-bond donors (Lipinski definition) is 0. The van der Waals surface area contributed by atoms with Gasteiger partial charge in [0.2, 0.25) is 0 Å². The summed E-state index contributed by atoms with van der Waals surface area (Å²) in [5, 5.41) is 0. The second-order valence-corrected chi connectivity index (χ2v) is 4.47. The molecule has 0 saturated heterocycles. The molecule has 1 aliphatic rings. The molecule has 0 aliphatic heterocycles. The van der Waals surface area contributed by atoms with Crippen LogP contribution < -0.4 is 4.74 Å². The van der Waals surface area contributed by atoms with Crippen molar-refractivity contribution in [3.05, 3.63) is 27.3 Å². The van der Waals surface area contributed by atoms with E-state index in [0.29, 0.717) is 6.10 Å². The van der Waals surface area contributed by atoms with E-state index in [4.69, 9.17) is 4.74 Å². The lowest BCUT2D eigenvalue weighted by Gasteiger charge is -2.07. The standard InChI is InChI=1S/C10H11IO/c1-7-6-8(11)2-5-10(7)12-9-3-4-9/h2,5-6,9H,3-4H2,1H3. The Kier molecular flexibility index (Phi) is 2.26. The SMILES string of the molecule is Cc1cc(I)ccc1OC1CC1. The molecular formula is C10H11IO. The van der Waals surface area contributed by atoms with Crippen molar-refractivity contribution in [1.29, 1.82) is 0 Å². The van der Waals surface area contributed by atoms with Crippen molar-refractivity contribution < 1.29 is 4.74 Å². The van der Waals surface area contributed by atoms with Gasteiger partial charge in [0.25, 0.3) is 0 Å². The van der Waals surface area contributed by atoms with Crippen LogP contribution in [0.1, 0.15) is 18.4 Å². The maximum absolute atomic E-state index is 5.71. The van der Waals surface area contributed by atoms with Crippen LogP contribution in [0.4, 0.5) is 0 Å². The van der Waals surface area contributed by atoms with E-state index in [9.17, 15) is 0 Å². The van der Waals surface area contributed by atoms with E-state index in [1.807, 2.05) is 0 Å². The van der Waals surface area contributed by atoms with Gasteiger partial charge in [0.15, 0.2) is 0 Å². The highest BCUT2D eigenvalue weighted by Crippen LogP contribution is 2.29. The summed E-state index contributed by atoms with van der Waals surface area (Å²) in [6.07, 6.45) is 2.96. The predicted octanol–water partition coefficient (Wildman–Crippen LogP) is 3.14. The summed E-state index contributed by atoms with van der Waals surface area (Å²) in [6, 6.07) is 6.30. The van der Waals surface area contributed by atoms with Gasteiger partial charge in [-0.3, -0.25) is 0 Å². The summed E-state index contributed by atoms with van der Waals surface area (Å²) in [7, 11) is 0. The van der Waals surface area contributed by atoms with Gasteiger partial charge in [0.05, 0.1) is 6.10 Å². The van der Waals surface area contributed by atoms with Crippen LogP contribution in [0, 0.1) is 10.5 Å². The first-order chi connectivity index (χ1) is 5.75. The van der Waals surface area contributed by atoms with Gasteiger partial charge in [-0.2, -0.15) is 0 Å². The molecule has 0 unspecified atom stereocenters. The van der Waals surface area contributed by atoms with Crippen LogP contribution in [0.15, 0.2) is 18.2 Å². The average Bonchev–Trinajstić information content (AvgIpc) is 2.79. The molecule has 0 N–H and O–H groups in total. The van der Waals surface area contributed by atoms with Gasteiger partial charge in [-0.25, -0.2) is 0 Å². The van der Waals surface area contributed by atoms with E-state index in [2.05, 4.69) is 47.7 Å². The van der Waals surface area contributed by atoms with Crippen molar-refractivity contribution in [2.45, 2.75) is 25.9 Å². The molecular weight excluding hydrogens is 263 g/mol. The minimum Gasteiger partial charge on any atom is -0.490 e. The first-order valence-corrected chi connectivity index (χ1v) is 5.26. The lowest BCUT2D eigenvalue weighted by atomic mass is 10.2. The van der Waals surface area contributed by atoms with Crippen molar-refractivity contribution in [3.8, 4) is 5.75 Å². The lowest BCUT2D eigenvalue weighted by Crippen LogP contribution is -1.97. The zero-order valence-corrected chi connectivity index (χ0v) is 9.17.